The van der Waals surface area contributed by atoms with Gasteiger partial charge in [-0.15, -0.1) is 0 Å². The molecule has 0 aromatic carbocycles. The van der Waals surface area contributed by atoms with Gasteiger partial charge in [0.25, 0.3) is 0 Å². The molecule has 0 radical (unpaired) electrons. The Bertz CT molecular complexity index is 529. The Morgan fingerprint density at radius 3 is 2.75 bits per heavy atom. The molecule has 1 saturated heterocycles. The number of piperazine rings is 1. The first-order valence-corrected chi connectivity index (χ1v) is 8.06. The van der Waals surface area contributed by atoms with Crippen molar-refractivity contribution in [3.63, 3.8) is 0 Å². The van der Waals surface area contributed by atoms with Gasteiger partial charge in [-0.3, -0.25) is 9.80 Å². The Labute approximate surface area is 124 Å². The number of aromatic nitrogens is 1. The molecule has 108 valence electrons. The maximum absolute atomic E-state index is 5.55. The number of aryl methyl sites for hydroxylation is 1. The van der Waals surface area contributed by atoms with E-state index in [0.717, 1.165) is 44.4 Å². The maximum Gasteiger partial charge on any atom is 0.208 e. The maximum atomic E-state index is 5.55. The lowest BCUT2D eigenvalue weighted by atomic mass is 10.1. The predicted octanol–water partition coefficient (Wildman–Crippen LogP) is 2.92. The van der Waals surface area contributed by atoms with E-state index in [4.69, 9.17) is 4.42 Å². The molecule has 0 bridgehead atoms. The van der Waals surface area contributed by atoms with Crippen LogP contribution in [0.5, 0.6) is 0 Å². The third-order valence-corrected chi connectivity index (χ3v) is 4.71. The molecular formula is C15H21N3OS. The minimum Gasteiger partial charge on any atom is -0.445 e. The Kier molecular flexibility index (Phi) is 4.19. The van der Waals surface area contributed by atoms with Crippen molar-refractivity contribution < 1.29 is 4.42 Å². The zero-order chi connectivity index (χ0) is 13.9. The van der Waals surface area contributed by atoms with E-state index >= 15 is 0 Å². The molecule has 4 nitrogen and oxygen atoms in total. The second-order valence-electron chi connectivity index (χ2n) is 5.41. The summed E-state index contributed by atoms with van der Waals surface area (Å²) in [5, 5.41) is 4.42. The van der Waals surface area contributed by atoms with Crippen molar-refractivity contribution in [2.24, 2.45) is 0 Å². The quantitative estimate of drug-likeness (QED) is 0.867. The normalized spacial score (nSPS) is 19.3. The van der Waals surface area contributed by atoms with E-state index in [1.165, 1.54) is 5.56 Å². The number of hydrogen-bond donors (Lipinski definition) is 0. The van der Waals surface area contributed by atoms with E-state index in [2.05, 4.69) is 38.5 Å². The lowest BCUT2D eigenvalue weighted by Gasteiger charge is -2.37. The van der Waals surface area contributed by atoms with Crippen LogP contribution >= 0.6 is 11.3 Å². The zero-order valence-corrected chi connectivity index (χ0v) is 12.9. The summed E-state index contributed by atoms with van der Waals surface area (Å²) in [5.41, 5.74) is 1.44. The molecule has 0 N–H and O–H groups in total. The molecule has 5 heteroatoms. The van der Waals surface area contributed by atoms with Gasteiger partial charge in [0.2, 0.25) is 5.89 Å². The summed E-state index contributed by atoms with van der Waals surface area (Å²) in [6, 6.07) is 2.75. The standard InChI is InChI=1S/C15H21N3OS/c1-12-9-16-15(19-12)10-17-4-6-18(7-5-17)13(2)14-3-8-20-11-14/h3,8-9,11,13H,4-7,10H2,1-2H3/t13-/m0/s1. The number of nitrogens with zero attached hydrogens (tertiary/aromatic N) is 3. The Balaban J connectivity index is 1.52. The molecule has 1 aliphatic rings. The van der Waals surface area contributed by atoms with E-state index in [0.29, 0.717) is 6.04 Å². The average molecular weight is 291 g/mol. The molecule has 0 spiro atoms. The number of thiophene rings is 1. The zero-order valence-electron chi connectivity index (χ0n) is 12.1. The summed E-state index contributed by atoms with van der Waals surface area (Å²) in [7, 11) is 0. The van der Waals surface area contributed by atoms with Crippen LogP contribution in [0.2, 0.25) is 0 Å². The highest BCUT2D eigenvalue weighted by molar-refractivity contribution is 7.07. The van der Waals surface area contributed by atoms with Crippen LogP contribution in [0, 0.1) is 6.92 Å². The molecule has 0 saturated carbocycles. The molecule has 2 aromatic rings. The van der Waals surface area contributed by atoms with E-state index in [9.17, 15) is 0 Å². The summed E-state index contributed by atoms with van der Waals surface area (Å²) in [5.74, 6) is 1.73. The first-order chi connectivity index (χ1) is 9.72. The average Bonchev–Trinajstić information content (AvgIpc) is 3.11. The van der Waals surface area contributed by atoms with E-state index in [-0.39, 0.29) is 0 Å². The molecule has 20 heavy (non-hydrogen) atoms. The second-order valence-corrected chi connectivity index (χ2v) is 6.19. The van der Waals surface area contributed by atoms with Gasteiger partial charge in [0.05, 0.1) is 12.7 Å². The van der Waals surface area contributed by atoms with Crippen molar-refractivity contribution in [3.8, 4) is 0 Å². The first kappa shape index (κ1) is 13.8. The molecule has 3 rings (SSSR count). The lowest BCUT2D eigenvalue weighted by Crippen LogP contribution is -2.46. The van der Waals surface area contributed by atoms with Crippen molar-refractivity contribution >= 4 is 11.3 Å². The van der Waals surface area contributed by atoms with Crippen LogP contribution < -0.4 is 0 Å². The fourth-order valence-electron chi connectivity index (χ4n) is 2.70. The molecule has 3 heterocycles. The van der Waals surface area contributed by atoms with Crippen molar-refractivity contribution in [2.75, 3.05) is 26.2 Å². The van der Waals surface area contributed by atoms with Crippen LogP contribution in [0.25, 0.3) is 0 Å². The molecule has 0 amide bonds. The van der Waals surface area contributed by atoms with E-state index < -0.39 is 0 Å². The van der Waals surface area contributed by atoms with Gasteiger partial charge in [-0.25, -0.2) is 4.98 Å². The number of rotatable bonds is 4. The predicted molar refractivity (Wildman–Crippen MR) is 80.8 cm³/mol. The molecular weight excluding hydrogens is 270 g/mol. The Morgan fingerprint density at radius 2 is 2.15 bits per heavy atom. The Hall–Kier alpha value is -1.17. The highest BCUT2D eigenvalue weighted by Gasteiger charge is 2.22. The Morgan fingerprint density at radius 1 is 1.35 bits per heavy atom. The molecule has 2 aromatic heterocycles. The molecule has 0 aliphatic carbocycles. The van der Waals surface area contributed by atoms with Gasteiger partial charge >= 0.3 is 0 Å². The van der Waals surface area contributed by atoms with Crippen LogP contribution in [-0.4, -0.2) is 41.0 Å². The summed E-state index contributed by atoms with van der Waals surface area (Å²) in [4.78, 5) is 9.26. The van der Waals surface area contributed by atoms with Gasteiger partial charge in [0.15, 0.2) is 0 Å². The van der Waals surface area contributed by atoms with Crippen molar-refractivity contribution in [1.82, 2.24) is 14.8 Å². The fraction of sp³-hybridized carbons (Fsp3) is 0.533. The van der Waals surface area contributed by atoms with Gasteiger partial charge in [-0.1, -0.05) is 0 Å². The van der Waals surface area contributed by atoms with Gasteiger partial charge in [0.1, 0.15) is 5.76 Å². The summed E-state index contributed by atoms with van der Waals surface area (Å²) >= 11 is 1.78. The van der Waals surface area contributed by atoms with Crippen molar-refractivity contribution in [1.29, 1.82) is 0 Å². The largest absolute Gasteiger partial charge is 0.445 e. The van der Waals surface area contributed by atoms with Crippen LogP contribution in [-0.2, 0) is 6.54 Å². The number of oxazole rings is 1. The smallest absolute Gasteiger partial charge is 0.208 e. The third kappa shape index (κ3) is 3.11. The summed E-state index contributed by atoms with van der Waals surface area (Å²) < 4.78 is 5.55. The highest BCUT2D eigenvalue weighted by atomic mass is 32.1. The topological polar surface area (TPSA) is 32.5 Å². The molecule has 1 aliphatic heterocycles. The lowest BCUT2D eigenvalue weighted by molar-refractivity contribution is 0.0921. The molecule has 0 unspecified atom stereocenters. The van der Waals surface area contributed by atoms with Gasteiger partial charge in [-0.2, -0.15) is 11.3 Å². The van der Waals surface area contributed by atoms with E-state index in [1.54, 1.807) is 17.5 Å². The monoisotopic (exact) mass is 291 g/mol. The minimum absolute atomic E-state index is 0.521. The minimum atomic E-state index is 0.521. The van der Waals surface area contributed by atoms with Crippen LogP contribution in [0.4, 0.5) is 0 Å². The van der Waals surface area contributed by atoms with Crippen LogP contribution in [0.15, 0.2) is 27.4 Å². The van der Waals surface area contributed by atoms with Crippen molar-refractivity contribution in [2.45, 2.75) is 26.4 Å². The fourth-order valence-corrected chi connectivity index (χ4v) is 3.45. The first-order valence-electron chi connectivity index (χ1n) is 7.12. The third-order valence-electron chi connectivity index (χ3n) is 4.01. The molecule has 1 atom stereocenters. The van der Waals surface area contributed by atoms with Crippen molar-refractivity contribution in [3.05, 3.63) is 40.2 Å². The van der Waals surface area contributed by atoms with Gasteiger partial charge in [0, 0.05) is 32.2 Å². The second kappa shape index (κ2) is 6.08. The van der Waals surface area contributed by atoms with Gasteiger partial charge < -0.3 is 4.42 Å². The van der Waals surface area contributed by atoms with E-state index in [1.807, 2.05) is 6.92 Å². The molecule has 1 fully saturated rings. The van der Waals surface area contributed by atoms with Gasteiger partial charge in [-0.05, 0) is 36.2 Å². The van der Waals surface area contributed by atoms with Crippen LogP contribution in [0.3, 0.4) is 0 Å². The SMILES string of the molecule is Cc1cnc(CN2CCN([C@@H](C)c3ccsc3)CC2)o1. The highest BCUT2D eigenvalue weighted by Crippen LogP contribution is 2.23. The van der Waals surface area contributed by atoms with Crippen LogP contribution in [0.1, 0.15) is 30.2 Å². The number of hydrogen-bond acceptors (Lipinski definition) is 5. The summed E-state index contributed by atoms with van der Waals surface area (Å²) in [6.45, 7) is 9.44. The summed E-state index contributed by atoms with van der Waals surface area (Å²) in [6.07, 6.45) is 1.80.